The Morgan fingerprint density at radius 1 is 0.141 bits per heavy atom. The Kier molecular flexibility index (Phi) is 15.9. The van der Waals surface area contributed by atoms with Crippen molar-refractivity contribution in [3.63, 3.8) is 0 Å². The molecule has 0 fully saturated rings. The Hall–Kier alpha value is -11.4. The van der Waals surface area contributed by atoms with Gasteiger partial charge in [0.2, 0.25) is 0 Å². The molecule has 0 spiro atoms. The van der Waals surface area contributed by atoms with Crippen LogP contribution in [0, 0.1) is 0 Å². The van der Waals surface area contributed by atoms with Crippen molar-refractivity contribution in [2.45, 2.75) is 0 Å². The van der Waals surface area contributed by atoms with Crippen molar-refractivity contribution in [3.8, 4) is 89.5 Å². The maximum Gasteiger partial charge on any atom is 0.179 e. The van der Waals surface area contributed by atoms with Crippen LogP contribution in [0.15, 0.2) is 388 Å². The molecular weight excluding hydrogens is 1140 g/mol. The van der Waals surface area contributed by atoms with E-state index in [9.17, 15) is 0 Å². The predicted octanol–water partition coefficient (Wildman–Crippen LogP) is 16.6. The van der Waals surface area contributed by atoms with Gasteiger partial charge in [0.1, 0.15) is 0 Å². The maximum atomic E-state index is 5.88. The van der Waals surface area contributed by atoms with Crippen molar-refractivity contribution in [3.05, 3.63) is 388 Å². The van der Waals surface area contributed by atoms with E-state index in [1.165, 1.54) is 63.7 Å². The summed E-state index contributed by atoms with van der Waals surface area (Å²) in [6.45, 7) is 0. The highest BCUT2D eigenvalue weighted by molar-refractivity contribution is 7.22. The monoisotopic (exact) mass is 1200 g/mol. The predicted molar refractivity (Wildman–Crippen MR) is 393 cm³/mol. The summed E-state index contributed by atoms with van der Waals surface area (Å²) in [5.74, 6) is 0.643. The highest BCUT2D eigenvalue weighted by Crippen LogP contribution is 2.34. The van der Waals surface area contributed by atoms with Crippen LogP contribution in [-0.2, 0) is 0 Å². The second kappa shape index (κ2) is 25.6. The van der Waals surface area contributed by atoms with E-state index < -0.39 is 16.1 Å². The van der Waals surface area contributed by atoms with Crippen molar-refractivity contribution >= 4 is 57.6 Å². The number of hydrogen-bond acceptors (Lipinski definition) is 2. The number of benzene rings is 14. The van der Waals surface area contributed by atoms with Crippen molar-refractivity contribution in [1.82, 2.24) is 9.97 Å². The summed E-state index contributed by atoms with van der Waals surface area (Å²) < 4.78 is 0. The molecule has 92 heavy (non-hydrogen) atoms. The highest BCUT2D eigenvalue weighted by atomic mass is 28.3. The van der Waals surface area contributed by atoms with E-state index in [4.69, 9.17) is 9.97 Å². The zero-order valence-corrected chi connectivity index (χ0v) is 52.8. The summed E-state index contributed by atoms with van der Waals surface area (Å²) in [6, 6.07) is 144. The lowest BCUT2D eigenvalue weighted by atomic mass is 9.99. The van der Waals surface area contributed by atoms with Gasteiger partial charge in [-0.1, -0.05) is 370 Å². The van der Waals surface area contributed by atoms with Crippen LogP contribution in [0.25, 0.3) is 89.5 Å². The van der Waals surface area contributed by atoms with Crippen LogP contribution in [0.5, 0.6) is 0 Å². The number of nitrogens with zero attached hydrogens (tertiary/aromatic N) is 2. The molecule has 1 heterocycles. The van der Waals surface area contributed by atoms with Gasteiger partial charge >= 0.3 is 0 Å². The zero-order valence-electron chi connectivity index (χ0n) is 50.8. The SMILES string of the molecule is c1ccc(-c2cccc(-c3cc(-c4cccc(-c5ccccc5)c4)nc(-c4cc([Si](c5ccccc5)(c5ccccc5)c5cccc(-c6ccccc6)c5)cc([Si](c5ccccc5)(c5cccc(-c6ccccc6)c5)c5cccc(-c6ccccc6)c5)c4)n3)c2)cc1. The van der Waals surface area contributed by atoms with E-state index in [1.807, 2.05) is 0 Å². The Morgan fingerprint density at radius 3 is 0.663 bits per heavy atom. The summed E-state index contributed by atoms with van der Waals surface area (Å²) in [5, 5.41) is 10.1. The Labute approximate surface area is 541 Å². The zero-order chi connectivity index (χ0) is 61.5. The maximum absolute atomic E-state index is 5.88. The molecule has 1 aromatic heterocycles. The highest BCUT2D eigenvalue weighted by Gasteiger charge is 2.46. The van der Waals surface area contributed by atoms with Crippen LogP contribution in [0.1, 0.15) is 0 Å². The molecule has 0 saturated carbocycles. The molecule has 434 valence electrons. The third kappa shape index (κ3) is 11.1. The van der Waals surface area contributed by atoms with Gasteiger partial charge < -0.3 is 0 Å². The average molecular weight is 1210 g/mol. The first-order valence-corrected chi connectivity index (χ1v) is 35.6. The molecule has 0 amide bonds. The Balaban J connectivity index is 1.11. The van der Waals surface area contributed by atoms with Gasteiger partial charge in [0, 0.05) is 16.7 Å². The quantitative estimate of drug-likeness (QED) is 0.0712. The number of hydrogen-bond donors (Lipinski definition) is 0. The fourth-order valence-electron chi connectivity index (χ4n) is 13.8. The van der Waals surface area contributed by atoms with Gasteiger partial charge in [0.15, 0.2) is 22.0 Å². The molecule has 0 unspecified atom stereocenters. The van der Waals surface area contributed by atoms with Crippen LogP contribution in [0.3, 0.4) is 0 Å². The largest absolute Gasteiger partial charge is 0.228 e. The van der Waals surface area contributed by atoms with E-state index >= 15 is 0 Å². The summed E-state index contributed by atoms with van der Waals surface area (Å²) >= 11 is 0. The van der Waals surface area contributed by atoms with E-state index in [2.05, 4.69) is 388 Å². The van der Waals surface area contributed by atoms with Crippen LogP contribution < -0.4 is 41.5 Å². The van der Waals surface area contributed by atoms with Crippen LogP contribution in [0.2, 0.25) is 0 Å². The topological polar surface area (TPSA) is 25.8 Å². The summed E-state index contributed by atoms with van der Waals surface area (Å²) in [6.07, 6.45) is 0. The standard InChI is InChI=1S/C88H64N2Si2/c1-9-30-65(31-10-1)70-40-25-45-75(56-70)86-64-87(76-46-26-41-71(57-76)66-32-11-2-12-33-66)90-88(89-86)77-61-84(91(78-47-19-6-20-48-78,79-49-21-7-22-50-79)81-53-27-42-72(58-81)67-34-13-3-14-35-67)63-85(62-77)92(80-51-23-8-24-52-80,82-54-28-43-73(59-82)68-36-15-4-16-37-68)83-55-29-44-74(60-83)69-38-17-5-18-39-69/h1-64H. The van der Waals surface area contributed by atoms with E-state index in [-0.39, 0.29) is 0 Å². The average Bonchev–Trinajstić information content (AvgIpc) is 0.732. The first-order chi connectivity index (χ1) is 45.6. The molecule has 0 bridgehead atoms. The molecule has 15 aromatic rings. The third-order valence-electron chi connectivity index (χ3n) is 18.1. The minimum atomic E-state index is -3.55. The molecule has 0 aliphatic rings. The second-order valence-corrected chi connectivity index (χ2v) is 31.2. The lowest BCUT2D eigenvalue weighted by molar-refractivity contribution is 1.18. The molecule has 0 aliphatic carbocycles. The number of aromatic nitrogens is 2. The van der Waals surface area contributed by atoms with E-state index in [0.717, 1.165) is 61.5 Å². The number of rotatable bonds is 16. The minimum Gasteiger partial charge on any atom is -0.228 e. The Morgan fingerprint density at radius 2 is 0.359 bits per heavy atom. The molecule has 0 saturated heterocycles. The molecule has 14 aromatic carbocycles. The van der Waals surface area contributed by atoms with Crippen molar-refractivity contribution in [1.29, 1.82) is 0 Å². The van der Waals surface area contributed by atoms with E-state index in [1.54, 1.807) is 0 Å². The normalized spacial score (nSPS) is 11.5. The molecule has 2 nitrogen and oxygen atoms in total. The smallest absolute Gasteiger partial charge is 0.179 e. The fraction of sp³-hybridized carbons (Fsp3) is 0. The van der Waals surface area contributed by atoms with Gasteiger partial charge in [-0.2, -0.15) is 0 Å². The van der Waals surface area contributed by atoms with Crippen molar-refractivity contribution in [2.24, 2.45) is 0 Å². The van der Waals surface area contributed by atoms with Crippen LogP contribution >= 0.6 is 0 Å². The molecule has 4 heteroatoms. The lowest BCUT2D eigenvalue weighted by Gasteiger charge is -2.39. The van der Waals surface area contributed by atoms with Gasteiger partial charge in [-0.3, -0.25) is 0 Å². The first kappa shape index (κ1) is 57.1. The molecular formula is C88H64N2Si2. The lowest BCUT2D eigenvalue weighted by Crippen LogP contribution is -2.78. The molecule has 0 N–H and O–H groups in total. The summed E-state index contributed by atoms with van der Waals surface area (Å²) in [4.78, 5) is 11.8. The fourth-order valence-corrected chi connectivity index (χ4v) is 23.7. The van der Waals surface area contributed by atoms with Gasteiger partial charge in [-0.25, -0.2) is 9.97 Å². The third-order valence-corrected chi connectivity index (χ3v) is 27.6. The summed E-state index contributed by atoms with van der Waals surface area (Å²) in [5.41, 5.74) is 16.2. The van der Waals surface area contributed by atoms with Crippen molar-refractivity contribution in [2.75, 3.05) is 0 Å². The van der Waals surface area contributed by atoms with Gasteiger partial charge in [-0.05, 0) is 115 Å². The first-order valence-electron chi connectivity index (χ1n) is 31.6. The molecule has 15 rings (SSSR count). The molecule has 0 radical (unpaired) electrons. The molecule has 0 aliphatic heterocycles. The molecule has 0 atom stereocenters. The van der Waals surface area contributed by atoms with Gasteiger partial charge in [0.25, 0.3) is 0 Å². The minimum absolute atomic E-state index is 0.643. The van der Waals surface area contributed by atoms with Crippen LogP contribution in [-0.4, -0.2) is 26.1 Å². The van der Waals surface area contributed by atoms with Gasteiger partial charge in [-0.15, -0.1) is 0 Å². The summed E-state index contributed by atoms with van der Waals surface area (Å²) in [7, 11) is -6.99. The van der Waals surface area contributed by atoms with Crippen molar-refractivity contribution < 1.29 is 0 Å². The van der Waals surface area contributed by atoms with E-state index in [0.29, 0.717) is 5.82 Å². The van der Waals surface area contributed by atoms with Gasteiger partial charge in [0.05, 0.1) is 11.4 Å². The van der Waals surface area contributed by atoms with Crippen LogP contribution in [0.4, 0.5) is 0 Å². The Bertz CT molecular complexity index is 4790. The second-order valence-electron chi connectivity index (χ2n) is 23.6.